The lowest BCUT2D eigenvalue weighted by molar-refractivity contribution is 0.0485. The molecular formula is C12H24N4O. The summed E-state index contributed by atoms with van der Waals surface area (Å²) in [5.41, 5.74) is -0.722. The standard InChI is InChI=1S/C12H24N4O/c1-4-7-13-8-6-12(3,17)9-11-14-10-15-16(11)5-2/h10,13,17H,4-9H2,1-3H3. The summed E-state index contributed by atoms with van der Waals surface area (Å²) in [6, 6.07) is 0. The van der Waals surface area contributed by atoms with Crippen LogP contribution < -0.4 is 5.32 Å². The van der Waals surface area contributed by atoms with E-state index in [1.807, 2.05) is 18.5 Å². The van der Waals surface area contributed by atoms with Gasteiger partial charge in [-0.05, 0) is 39.8 Å². The maximum atomic E-state index is 10.3. The lowest BCUT2D eigenvalue weighted by Crippen LogP contribution is -2.33. The van der Waals surface area contributed by atoms with Crippen molar-refractivity contribution in [3.8, 4) is 0 Å². The Hall–Kier alpha value is -0.940. The average molecular weight is 240 g/mol. The minimum Gasteiger partial charge on any atom is -0.390 e. The molecule has 0 aliphatic rings. The molecule has 1 atom stereocenters. The van der Waals surface area contributed by atoms with Gasteiger partial charge in [-0.2, -0.15) is 5.10 Å². The molecule has 98 valence electrons. The molecule has 17 heavy (non-hydrogen) atoms. The molecular weight excluding hydrogens is 216 g/mol. The van der Waals surface area contributed by atoms with Gasteiger partial charge in [-0.1, -0.05) is 6.92 Å². The summed E-state index contributed by atoms with van der Waals surface area (Å²) in [5, 5.41) is 17.7. The van der Waals surface area contributed by atoms with Crippen molar-refractivity contribution in [2.75, 3.05) is 13.1 Å². The minimum atomic E-state index is -0.722. The Kier molecular flexibility index (Phi) is 5.58. The van der Waals surface area contributed by atoms with Crippen LogP contribution in [-0.2, 0) is 13.0 Å². The topological polar surface area (TPSA) is 63.0 Å². The number of aliphatic hydroxyl groups is 1. The molecule has 1 aromatic rings. The average Bonchev–Trinajstić information content (AvgIpc) is 2.71. The zero-order chi connectivity index (χ0) is 12.7. The molecule has 0 aliphatic heterocycles. The minimum absolute atomic E-state index is 0.550. The van der Waals surface area contributed by atoms with Gasteiger partial charge in [0.25, 0.3) is 0 Å². The van der Waals surface area contributed by atoms with Crippen molar-refractivity contribution in [3.05, 3.63) is 12.2 Å². The third kappa shape index (κ3) is 4.83. The van der Waals surface area contributed by atoms with E-state index in [0.717, 1.165) is 38.3 Å². The fraction of sp³-hybridized carbons (Fsp3) is 0.833. The number of aromatic nitrogens is 3. The quantitative estimate of drug-likeness (QED) is 0.665. The van der Waals surface area contributed by atoms with Gasteiger partial charge in [-0.3, -0.25) is 4.68 Å². The summed E-state index contributed by atoms with van der Waals surface area (Å²) >= 11 is 0. The van der Waals surface area contributed by atoms with Crippen molar-refractivity contribution < 1.29 is 5.11 Å². The number of nitrogens with one attached hydrogen (secondary N) is 1. The molecule has 0 amide bonds. The molecule has 0 fully saturated rings. The van der Waals surface area contributed by atoms with Crippen LogP contribution in [-0.4, -0.2) is 38.6 Å². The molecule has 1 unspecified atom stereocenters. The summed E-state index contributed by atoms with van der Waals surface area (Å²) in [4.78, 5) is 4.19. The van der Waals surface area contributed by atoms with Gasteiger partial charge in [0, 0.05) is 13.0 Å². The Morgan fingerprint density at radius 2 is 2.18 bits per heavy atom. The first-order chi connectivity index (χ1) is 8.09. The summed E-state index contributed by atoms with van der Waals surface area (Å²) in [7, 11) is 0. The van der Waals surface area contributed by atoms with E-state index in [0.29, 0.717) is 6.42 Å². The largest absolute Gasteiger partial charge is 0.390 e. The van der Waals surface area contributed by atoms with E-state index >= 15 is 0 Å². The Morgan fingerprint density at radius 3 is 2.82 bits per heavy atom. The first kappa shape index (κ1) is 14.1. The second-order valence-corrected chi connectivity index (χ2v) is 4.67. The van der Waals surface area contributed by atoms with Crippen molar-refractivity contribution in [3.63, 3.8) is 0 Å². The van der Waals surface area contributed by atoms with Gasteiger partial charge in [-0.25, -0.2) is 4.98 Å². The predicted molar refractivity (Wildman–Crippen MR) is 67.8 cm³/mol. The third-order valence-corrected chi connectivity index (χ3v) is 2.80. The molecule has 1 aromatic heterocycles. The monoisotopic (exact) mass is 240 g/mol. The van der Waals surface area contributed by atoms with Gasteiger partial charge in [-0.15, -0.1) is 0 Å². The van der Waals surface area contributed by atoms with E-state index in [9.17, 15) is 5.11 Å². The molecule has 0 spiro atoms. The Bertz CT molecular complexity index is 322. The Balaban J connectivity index is 2.42. The predicted octanol–water partition coefficient (Wildman–Crippen LogP) is 0.981. The van der Waals surface area contributed by atoms with Crippen LogP contribution in [0.25, 0.3) is 0 Å². The maximum Gasteiger partial charge on any atom is 0.138 e. The SMILES string of the molecule is CCCNCCC(C)(O)Cc1ncnn1CC. The highest BCUT2D eigenvalue weighted by molar-refractivity contribution is 4.92. The third-order valence-electron chi connectivity index (χ3n) is 2.80. The number of rotatable bonds is 8. The lowest BCUT2D eigenvalue weighted by Gasteiger charge is -2.23. The van der Waals surface area contributed by atoms with E-state index in [-0.39, 0.29) is 0 Å². The van der Waals surface area contributed by atoms with Gasteiger partial charge in [0.05, 0.1) is 5.60 Å². The van der Waals surface area contributed by atoms with Crippen molar-refractivity contribution in [1.82, 2.24) is 20.1 Å². The second-order valence-electron chi connectivity index (χ2n) is 4.67. The Morgan fingerprint density at radius 1 is 1.41 bits per heavy atom. The van der Waals surface area contributed by atoms with Gasteiger partial charge in [0.2, 0.25) is 0 Å². The first-order valence-electron chi connectivity index (χ1n) is 6.39. The number of hydrogen-bond donors (Lipinski definition) is 2. The number of nitrogens with zero attached hydrogens (tertiary/aromatic N) is 3. The molecule has 5 nitrogen and oxygen atoms in total. The fourth-order valence-electron chi connectivity index (χ4n) is 1.78. The van der Waals surface area contributed by atoms with Crippen LogP contribution in [0.4, 0.5) is 0 Å². The molecule has 0 aromatic carbocycles. The van der Waals surface area contributed by atoms with Crippen molar-refractivity contribution in [2.45, 2.75) is 52.2 Å². The van der Waals surface area contributed by atoms with Crippen LogP contribution in [0.5, 0.6) is 0 Å². The van der Waals surface area contributed by atoms with Gasteiger partial charge in [0.1, 0.15) is 12.2 Å². The van der Waals surface area contributed by atoms with Crippen LogP contribution >= 0.6 is 0 Å². The van der Waals surface area contributed by atoms with Crippen molar-refractivity contribution in [2.24, 2.45) is 0 Å². The van der Waals surface area contributed by atoms with Crippen LogP contribution in [0.15, 0.2) is 6.33 Å². The van der Waals surface area contributed by atoms with Gasteiger partial charge in [0.15, 0.2) is 0 Å². The number of hydrogen-bond acceptors (Lipinski definition) is 4. The lowest BCUT2D eigenvalue weighted by atomic mass is 9.97. The highest BCUT2D eigenvalue weighted by Crippen LogP contribution is 2.14. The zero-order valence-corrected chi connectivity index (χ0v) is 11.1. The normalized spacial score (nSPS) is 14.8. The van der Waals surface area contributed by atoms with E-state index in [4.69, 9.17) is 0 Å². The molecule has 0 saturated heterocycles. The van der Waals surface area contributed by atoms with Crippen LogP contribution in [0.2, 0.25) is 0 Å². The highest BCUT2D eigenvalue weighted by atomic mass is 16.3. The van der Waals surface area contributed by atoms with Gasteiger partial charge < -0.3 is 10.4 Å². The summed E-state index contributed by atoms with van der Waals surface area (Å²) in [6.07, 6.45) is 3.94. The molecule has 0 saturated carbocycles. The molecule has 0 aliphatic carbocycles. The van der Waals surface area contributed by atoms with Crippen LogP contribution in [0.1, 0.15) is 39.4 Å². The van der Waals surface area contributed by atoms with Gasteiger partial charge >= 0.3 is 0 Å². The van der Waals surface area contributed by atoms with E-state index in [2.05, 4.69) is 22.3 Å². The highest BCUT2D eigenvalue weighted by Gasteiger charge is 2.23. The Labute approximate surface area is 103 Å². The zero-order valence-electron chi connectivity index (χ0n) is 11.1. The second kappa shape index (κ2) is 6.71. The molecule has 1 rings (SSSR count). The summed E-state index contributed by atoms with van der Waals surface area (Å²) < 4.78 is 1.83. The van der Waals surface area contributed by atoms with E-state index in [1.54, 1.807) is 6.33 Å². The first-order valence-corrected chi connectivity index (χ1v) is 6.39. The molecule has 5 heteroatoms. The molecule has 0 bridgehead atoms. The van der Waals surface area contributed by atoms with Crippen LogP contribution in [0.3, 0.4) is 0 Å². The molecule has 1 heterocycles. The maximum absolute atomic E-state index is 10.3. The summed E-state index contributed by atoms with van der Waals surface area (Å²) in [6.45, 7) is 8.64. The number of aryl methyl sites for hydroxylation is 1. The molecule has 2 N–H and O–H groups in total. The van der Waals surface area contributed by atoms with Crippen molar-refractivity contribution >= 4 is 0 Å². The van der Waals surface area contributed by atoms with Crippen LogP contribution in [0, 0.1) is 0 Å². The fourth-order valence-corrected chi connectivity index (χ4v) is 1.78. The summed E-state index contributed by atoms with van der Waals surface area (Å²) in [5.74, 6) is 0.855. The van der Waals surface area contributed by atoms with E-state index < -0.39 is 5.60 Å². The smallest absolute Gasteiger partial charge is 0.138 e. The molecule has 0 radical (unpaired) electrons. The van der Waals surface area contributed by atoms with Crippen molar-refractivity contribution in [1.29, 1.82) is 0 Å². The van der Waals surface area contributed by atoms with E-state index in [1.165, 1.54) is 0 Å².